The van der Waals surface area contributed by atoms with Crippen LogP contribution in [0.25, 0.3) is 0 Å². The van der Waals surface area contributed by atoms with Gasteiger partial charge in [-0.25, -0.2) is 0 Å². The predicted octanol–water partition coefficient (Wildman–Crippen LogP) is 2.86. The van der Waals surface area contributed by atoms with Crippen molar-refractivity contribution in [1.29, 1.82) is 0 Å². The van der Waals surface area contributed by atoms with Crippen molar-refractivity contribution < 1.29 is 0 Å². The molecule has 0 saturated heterocycles. The fourth-order valence-electron chi connectivity index (χ4n) is 2.65. The molecule has 1 aliphatic heterocycles. The molecule has 0 N–H and O–H groups in total. The van der Waals surface area contributed by atoms with E-state index >= 15 is 0 Å². The normalized spacial score (nSPS) is 29.8. The number of hydrazone groups is 1. The van der Waals surface area contributed by atoms with Crippen LogP contribution in [0, 0.1) is 5.92 Å². The number of benzene rings is 1. The Labute approximate surface area is 91.6 Å². The minimum absolute atomic E-state index is 0.0568. The average Bonchev–Trinajstić information content (AvgIpc) is 2.57. The molecule has 1 aromatic rings. The fourth-order valence-corrected chi connectivity index (χ4v) is 2.65. The molecule has 0 bridgehead atoms. The van der Waals surface area contributed by atoms with Gasteiger partial charge < -0.3 is 0 Å². The van der Waals surface area contributed by atoms with Crippen LogP contribution < -0.4 is 0 Å². The lowest BCUT2D eigenvalue weighted by Crippen LogP contribution is -2.41. The number of rotatable bonds is 2. The highest BCUT2D eigenvalue weighted by Gasteiger charge is 2.42. The van der Waals surface area contributed by atoms with E-state index in [4.69, 9.17) is 0 Å². The van der Waals surface area contributed by atoms with Crippen LogP contribution in [0.2, 0.25) is 0 Å². The van der Waals surface area contributed by atoms with Crippen molar-refractivity contribution in [2.45, 2.75) is 25.8 Å². The minimum Gasteiger partial charge on any atom is -0.289 e. The van der Waals surface area contributed by atoms with Crippen LogP contribution in [0.3, 0.4) is 0 Å². The topological polar surface area (TPSA) is 15.6 Å². The van der Waals surface area contributed by atoms with E-state index in [0.717, 1.165) is 6.42 Å². The summed E-state index contributed by atoms with van der Waals surface area (Å²) in [6, 6.07) is 10.7. The monoisotopic (exact) mass is 202 g/mol. The third-order valence-corrected chi connectivity index (χ3v) is 3.61. The van der Waals surface area contributed by atoms with Crippen molar-refractivity contribution in [1.82, 2.24) is 5.01 Å². The summed E-state index contributed by atoms with van der Waals surface area (Å²) < 4.78 is 0. The molecule has 2 atom stereocenters. The molecule has 2 unspecified atom stereocenters. The molecule has 0 saturated carbocycles. The fraction of sp³-hybridized carbons (Fsp3) is 0.462. The second kappa shape index (κ2) is 3.69. The van der Waals surface area contributed by atoms with Crippen LogP contribution in [0.4, 0.5) is 0 Å². The van der Waals surface area contributed by atoms with Crippen LogP contribution in [0.5, 0.6) is 0 Å². The largest absolute Gasteiger partial charge is 0.289 e. The molecule has 0 amide bonds. The number of hydrogen-bond donors (Lipinski definition) is 0. The smallest absolute Gasteiger partial charge is 0.0896 e. The first-order valence-corrected chi connectivity index (χ1v) is 5.55. The molecule has 0 aliphatic carbocycles. The Morgan fingerprint density at radius 3 is 2.47 bits per heavy atom. The number of nitrogens with zero attached hydrogens (tertiary/aromatic N) is 2. The maximum Gasteiger partial charge on any atom is 0.0896 e. The van der Waals surface area contributed by atoms with E-state index < -0.39 is 0 Å². The van der Waals surface area contributed by atoms with E-state index in [-0.39, 0.29) is 5.54 Å². The first-order valence-electron chi connectivity index (χ1n) is 5.55. The molecule has 2 rings (SSSR count). The van der Waals surface area contributed by atoms with Gasteiger partial charge in [-0.05, 0) is 12.0 Å². The summed E-state index contributed by atoms with van der Waals surface area (Å²) in [5.41, 5.74) is 1.42. The molecule has 2 heteroatoms. The summed E-state index contributed by atoms with van der Waals surface area (Å²) >= 11 is 0. The highest BCUT2D eigenvalue weighted by atomic mass is 15.5. The van der Waals surface area contributed by atoms with Crippen molar-refractivity contribution in [3.05, 3.63) is 35.9 Å². The van der Waals surface area contributed by atoms with Gasteiger partial charge in [0.2, 0.25) is 0 Å². The molecule has 0 spiro atoms. The summed E-state index contributed by atoms with van der Waals surface area (Å²) in [6.45, 7) is 4.47. The second-order valence-electron chi connectivity index (χ2n) is 4.22. The lowest BCUT2D eigenvalue weighted by atomic mass is 9.78. The maximum absolute atomic E-state index is 4.43. The Kier molecular flexibility index (Phi) is 2.51. The molecule has 0 fully saturated rings. The van der Waals surface area contributed by atoms with E-state index in [0.29, 0.717) is 5.92 Å². The van der Waals surface area contributed by atoms with Crippen LogP contribution in [0.1, 0.15) is 25.8 Å². The average molecular weight is 202 g/mol. The lowest BCUT2D eigenvalue weighted by molar-refractivity contribution is 0.111. The molecule has 1 heterocycles. The van der Waals surface area contributed by atoms with Gasteiger partial charge in [-0.2, -0.15) is 5.10 Å². The minimum atomic E-state index is 0.0568. The Bertz CT molecular complexity index is 344. The number of hydrogen-bond acceptors (Lipinski definition) is 2. The van der Waals surface area contributed by atoms with Gasteiger partial charge in [0.15, 0.2) is 0 Å². The van der Waals surface area contributed by atoms with Crippen molar-refractivity contribution in [2.24, 2.45) is 11.0 Å². The van der Waals surface area contributed by atoms with Crippen LogP contribution in [-0.2, 0) is 5.54 Å². The van der Waals surface area contributed by atoms with Crippen LogP contribution >= 0.6 is 0 Å². The van der Waals surface area contributed by atoms with Gasteiger partial charge in [-0.1, -0.05) is 44.2 Å². The molecule has 15 heavy (non-hydrogen) atoms. The third kappa shape index (κ3) is 1.36. The Balaban J connectivity index is 2.47. The molecule has 80 valence electrons. The SMILES string of the molecule is CCC1(c2ccccc2)C(C)C=NN1C. The predicted molar refractivity (Wildman–Crippen MR) is 63.8 cm³/mol. The standard InChI is InChI=1S/C13H18N2/c1-4-13(11(2)10-14-15(13)3)12-8-6-5-7-9-12/h5-11H,4H2,1-3H3. The van der Waals surface area contributed by atoms with E-state index in [2.05, 4.69) is 67.6 Å². The van der Waals surface area contributed by atoms with Crippen LogP contribution in [0.15, 0.2) is 35.4 Å². The molecular formula is C13H18N2. The van der Waals surface area contributed by atoms with Crippen molar-refractivity contribution >= 4 is 6.21 Å². The van der Waals surface area contributed by atoms with Gasteiger partial charge in [0.05, 0.1) is 5.54 Å². The Morgan fingerprint density at radius 1 is 1.33 bits per heavy atom. The van der Waals surface area contributed by atoms with E-state index in [9.17, 15) is 0 Å². The van der Waals surface area contributed by atoms with Gasteiger partial charge in [-0.3, -0.25) is 5.01 Å². The van der Waals surface area contributed by atoms with Gasteiger partial charge in [0.25, 0.3) is 0 Å². The van der Waals surface area contributed by atoms with Crippen molar-refractivity contribution in [3.63, 3.8) is 0 Å². The quantitative estimate of drug-likeness (QED) is 0.720. The molecule has 1 aliphatic rings. The van der Waals surface area contributed by atoms with Gasteiger partial charge in [-0.15, -0.1) is 0 Å². The summed E-state index contributed by atoms with van der Waals surface area (Å²) in [5.74, 6) is 0.467. The summed E-state index contributed by atoms with van der Waals surface area (Å²) in [5, 5.41) is 6.53. The summed E-state index contributed by atoms with van der Waals surface area (Å²) in [6.07, 6.45) is 3.13. The van der Waals surface area contributed by atoms with Crippen molar-refractivity contribution in [3.8, 4) is 0 Å². The van der Waals surface area contributed by atoms with Gasteiger partial charge in [0, 0.05) is 19.2 Å². The van der Waals surface area contributed by atoms with Crippen LogP contribution in [-0.4, -0.2) is 18.3 Å². The molecule has 2 nitrogen and oxygen atoms in total. The Morgan fingerprint density at radius 2 is 2.00 bits per heavy atom. The zero-order valence-corrected chi connectivity index (χ0v) is 9.64. The highest BCUT2D eigenvalue weighted by Crippen LogP contribution is 2.41. The lowest BCUT2D eigenvalue weighted by Gasteiger charge is -2.38. The third-order valence-electron chi connectivity index (χ3n) is 3.61. The molecule has 1 aromatic carbocycles. The van der Waals surface area contributed by atoms with E-state index in [1.165, 1.54) is 5.56 Å². The van der Waals surface area contributed by atoms with Gasteiger partial charge in [0.1, 0.15) is 0 Å². The molecule has 0 aromatic heterocycles. The zero-order chi connectivity index (χ0) is 10.9. The Hall–Kier alpha value is -1.31. The van der Waals surface area contributed by atoms with E-state index in [1.54, 1.807) is 0 Å². The summed E-state index contributed by atoms with van der Waals surface area (Å²) in [7, 11) is 2.07. The second-order valence-corrected chi connectivity index (χ2v) is 4.22. The maximum atomic E-state index is 4.43. The first-order chi connectivity index (χ1) is 7.21. The van der Waals surface area contributed by atoms with Crippen molar-refractivity contribution in [2.75, 3.05) is 7.05 Å². The first kappa shape index (κ1) is 10.2. The summed E-state index contributed by atoms with van der Waals surface area (Å²) in [4.78, 5) is 0. The highest BCUT2D eigenvalue weighted by molar-refractivity contribution is 5.65. The van der Waals surface area contributed by atoms with Gasteiger partial charge >= 0.3 is 0 Å². The molecule has 0 radical (unpaired) electrons. The van der Waals surface area contributed by atoms with E-state index in [1.807, 2.05) is 0 Å². The zero-order valence-electron chi connectivity index (χ0n) is 9.64. The molecular weight excluding hydrogens is 184 g/mol.